The van der Waals surface area contributed by atoms with E-state index in [2.05, 4.69) is 164 Å². The van der Waals surface area contributed by atoms with Gasteiger partial charge in [-0.15, -0.1) is 0 Å². The van der Waals surface area contributed by atoms with Gasteiger partial charge in [-0.05, 0) is 70.4 Å². The van der Waals surface area contributed by atoms with Gasteiger partial charge in [-0.1, -0.05) is 149 Å². The van der Waals surface area contributed by atoms with E-state index < -0.39 is 8.38 Å². The van der Waals surface area contributed by atoms with Crippen LogP contribution in [-0.2, 0) is 28.1 Å². The smallest absolute Gasteiger partial charge is 0.326 e. The monoisotopic (exact) mass is 666 g/mol. The normalized spacial score (nSPS) is 13.3. The lowest BCUT2D eigenvalue weighted by Gasteiger charge is -2.31. The molecular formula is C44H59O3P. The Balaban J connectivity index is 1.93. The Labute approximate surface area is 293 Å². The van der Waals surface area contributed by atoms with Gasteiger partial charge >= 0.3 is 8.38 Å². The third kappa shape index (κ3) is 8.83. The molecule has 0 amide bonds. The third-order valence-corrected chi connectivity index (χ3v) is 10.2. The number of hydrogen-bond acceptors (Lipinski definition) is 3. The predicted molar refractivity (Wildman–Crippen MR) is 207 cm³/mol. The minimum Gasteiger partial charge on any atom is -0.496 e. The molecule has 0 aliphatic carbocycles. The van der Waals surface area contributed by atoms with Crippen LogP contribution in [0, 0.1) is 13.8 Å². The number of rotatable bonds is 8. The Morgan fingerprint density at radius 2 is 1.02 bits per heavy atom. The number of aryl methyl sites for hydroxylation is 2. The molecule has 1 atom stereocenters. The molecular weight excluding hydrogens is 607 g/mol. The molecule has 4 aromatic rings. The standard InChI is InChI=1S/C44H59O3P/c1-29-23-31(39(45-15)36(25-29)43(9,10)11)27-32-24-30(2)26-37(44(12,13)14)40(32)47-48(34-19-17-16-18-20-34)46-38-22-21-33(41(3,4)5)28-35(38)42(6,7)8/h16-26,28H,27H2,1-15H3. The highest BCUT2D eigenvalue weighted by Gasteiger charge is 2.31. The fourth-order valence-electron chi connectivity index (χ4n) is 6.14. The quantitative estimate of drug-likeness (QED) is 0.175. The van der Waals surface area contributed by atoms with Crippen molar-refractivity contribution in [3.05, 3.63) is 117 Å². The van der Waals surface area contributed by atoms with Crippen LogP contribution in [-0.4, -0.2) is 7.11 Å². The van der Waals surface area contributed by atoms with Crippen LogP contribution in [0.25, 0.3) is 0 Å². The van der Waals surface area contributed by atoms with Crippen LogP contribution in [0.4, 0.5) is 0 Å². The van der Waals surface area contributed by atoms with Gasteiger partial charge in [0.1, 0.15) is 17.2 Å². The fraction of sp³-hybridized carbons (Fsp3) is 0.455. The average molecular weight is 667 g/mol. The van der Waals surface area contributed by atoms with E-state index in [9.17, 15) is 0 Å². The molecule has 0 saturated carbocycles. The van der Waals surface area contributed by atoms with Crippen LogP contribution in [0.5, 0.6) is 17.2 Å². The molecule has 0 N–H and O–H groups in total. The van der Waals surface area contributed by atoms with E-state index in [0.29, 0.717) is 6.42 Å². The molecule has 4 aromatic carbocycles. The highest BCUT2D eigenvalue weighted by Crippen LogP contribution is 2.49. The summed E-state index contributed by atoms with van der Waals surface area (Å²) in [5.41, 5.74) is 9.29. The van der Waals surface area contributed by atoms with Crippen molar-refractivity contribution in [3.63, 3.8) is 0 Å². The van der Waals surface area contributed by atoms with Gasteiger partial charge in [0, 0.05) is 23.1 Å². The Hall–Kier alpha value is -3.29. The second-order valence-electron chi connectivity index (χ2n) is 17.5. The third-order valence-electron chi connectivity index (χ3n) is 8.80. The van der Waals surface area contributed by atoms with E-state index in [1.54, 1.807) is 7.11 Å². The molecule has 0 aliphatic rings. The summed E-state index contributed by atoms with van der Waals surface area (Å²) in [5.74, 6) is 2.72. The SMILES string of the molecule is COc1c(Cc2cc(C)cc(C(C)(C)C)c2OP(Oc2ccc(C(C)(C)C)cc2C(C)(C)C)c2ccccc2)cc(C)cc1C(C)(C)C. The topological polar surface area (TPSA) is 27.7 Å². The second-order valence-corrected chi connectivity index (χ2v) is 18.9. The number of ether oxygens (including phenoxy) is 1. The summed E-state index contributed by atoms with van der Waals surface area (Å²) in [6, 6.07) is 26.2. The van der Waals surface area contributed by atoms with Crippen molar-refractivity contribution in [1.82, 2.24) is 0 Å². The zero-order chi connectivity index (χ0) is 35.8. The first-order valence-corrected chi connectivity index (χ1v) is 18.5. The highest BCUT2D eigenvalue weighted by atomic mass is 31.2. The summed E-state index contributed by atoms with van der Waals surface area (Å²) < 4.78 is 20.5. The van der Waals surface area contributed by atoms with Crippen molar-refractivity contribution in [2.24, 2.45) is 0 Å². The zero-order valence-electron chi connectivity index (χ0n) is 32.3. The first-order valence-electron chi connectivity index (χ1n) is 17.3. The fourth-order valence-corrected chi connectivity index (χ4v) is 7.52. The molecule has 48 heavy (non-hydrogen) atoms. The minimum absolute atomic E-state index is 0.0291. The lowest BCUT2D eigenvalue weighted by molar-refractivity contribution is 0.393. The van der Waals surface area contributed by atoms with E-state index in [-0.39, 0.29) is 21.7 Å². The minimum atomic E-state index is -1.55. The van der Waals surface area contributed by atoms with Crippen LogP contribution in [0.15, 0.2) is 72.8 Å². The van der Waals surface area contributed by atoms with E-state index in [1.807, 2.05) is 6.07 Å². The van der Waals surface area contributed by atoms with Gasteiger partial charge in [0.2, 0.25) is 0 Å². The van der Waals surface area contributed by atoms with Gasteiger partial charge < -0.3 is 13.8 Å². The summed E-state index contributed by atoms with van der Waals surface area (Å²) in [4.78, 5) is 0. The summed E-state index contributed by atoms with van der Waals surface area (Å²) in [5, 5.41) is 1.03. The number of hydrogen-bond donors (Lipinski definition) is 0. The van der Waals surface area contributed by atoms with Gasteiger partial charge in [-0.2, -0.15) is 0 Å². The van der Waals surface area contributed by atoms with Crippen molar-refractivity contribution in [2.45, 2.75) is 125 Å². The summed E-state index contributed by atoms with van der Waals surface area (Å²) in [6.45, 7) is 31.4. The number of methoxy groups -OCH3 is 1. The molecule has 258 valence electrons. The van der Waals surface area contributed by atoms with Crippen molar-refractivity contribution < 1.29 is 13.8 Å². The second kappa shape index (κ2) is 13.9. The van der Waals surface area contributed by atoms with Crippen LogP contribution >= 0.6 is 8.38 Å². The van der Waals surface area contributed by atoms with E-state index in [0.717, 1.165) is 33.7 Å². The maximum atomic E-state index is 7.29. The van der Waals surface area contributed by atoms with Crippen molar-refractivity contribution >= 4 is 13.7 Å². The van der Waals surface area contributed by atoms with E-state index in [4.69, 9.17) is 13.8 Å². The number of benzene rings is 4. The molecule has 4 rings (SSSR count). The van der Waals surface area contributed by atoms with Gasteiger partial charge in [0.25, 0.3) is 0 Å². The molecule has 0 saturated heterocycles. The first kappa shape index (κ1) is 37.5. The molecule has 0 spiro atoms. The molecule has 4 heteroatoms. The molecule has 0 heterocycles. The molecule has 0 radical (unpaired) electrons. The van der Waals surface area contributed by atoms with Gasteiger partial charge in [0.05, 0.1) is 12.4 Å². The lowest BCUT2D eigenvalue weighted by atomic mass is 9.80. The maximum Gasteiger partial charge on any atom is 0.326 e. The van der Waals surface area contributed by atoms with E-state index in [1.165, 1.54) is 33.4 Å². The molecule has 3 nitrogen and oxygen atoms in total. The molecule has 0 fully saturated rings. The Morgan fingerprint density at radius 3 is 1.50 bits per heavy atom. The van der Waals surface area contributed by atoms with Crippen LogP contribution in [0.2, 0.25) is 0 Å². The van der Waals surface area contributed by atoms with Gasteiger partial charge in [-0.25, -0.2) is 0 Å². The van der Waals surface area contributed by atoms with Crippen LogP contribution in [0.1, 0.15) is 128 Å². The Morgan fingerprint density at radius 1 is 0.521 bits per heavy atom. The van der Waals surface area contributed by atoms with Gasteiger partial charge in [0.15, 0.2) is 0 Å². The van der Waals surface area contributed by atoms with Crippen molar-refractivity contribution in [3.8, 4) is 17.2 Å². The molecule has 0 bridgehead atoms. The Bertz CT molecular complexity index is 1730. The maximum absolute atomic E-state index is 7.29. The van der Waals surface area contributed by atoms with Crippen LogP contribution < -0.4 is 19.1 Å². The predicted octanol–water partition coefficient (Wildman–Crippen LogP) is 12.2. The average Bonchev–Trinajstić information content (AvgIpc) is 2.96. The Kier molecular flexibility index (Phi) is 10.9. The molecule has 1 unspecified atom stereocenters. The van der Waals surface area contributed by atoms with Crippen LogP contribution in [0.3, 0.4) is 0 Å². The zero-order valence-corrected chi connectivity index (χ0v) is 33.2. The van der Waals surface area contributed by atoms with Gasteiger partial charge in [-0.3, -0.25) is 0 Å². The van der Waals surface area contributed by atoms with Crippen molar-refractivity contribution in [1.29, 1.82) is 0 Å². The highest BCUT2D eigenvalue weighted by molar-refractivity contribution is 7.56. The summed E-state index contributed by atoms with van der Waals surface area (Å²) in [6.07, 6.45) is 0.680. The van der Waals surface area contributed by atoms with E-state index >= 15 is 0 Å². The molecule has 0 aliphatic heterocycles. The largest absolute Gasteiger partial charge is 0.496 e. The summed E-state index contributed by atoms with van der Waals surface area (Å²) >= 11 is 0. The van der Waals surface area contributed by atoms with Crippen molar-refractivity contribution in [2.75, 3.05) is 7.11 Å². The summed E-state index contributed by atoms with van der Waals surface area (Å²) in [7, 11) is 0.243. The molecule has 0 aromatic heterocycles. The first-order chi connectivity index (χ1) is 22.1. The lowest BCUT2D eigenvalue weighted by Crippen LogP contribution is -2.20.